The SMILES string of the molecule is Cc1cc[n+](O)c(CN(C)C)c1.Cc1ccnc(CN(C)C)c1.Cc1ccnc(CN(C)C)n1.Cc1ccnc(N)c1.Cc1ccnc(N)n1. The highest BCUT2D eigenvalue weighted by atomic mass is 16.5. The van der Waals surface area contributed by atoms with Crippen molar-refractivity contribution in [3.63, 3.8) is 0 Å². The number of aryl methyl sites for hydroxylation is 5. The number of rotatable bonds is 6. The number of hydrogen-bond acceptors (Lipinski definition) is 12. The van der Waals surface area contributed by atoms with E-state index in [4.69, 9.17) is 11.5 Å². The number of nitrogens with zero attached hydrogens (tertiary/aromatic N) is 10. The Morgan fingerprint density at radius 2 is 1.10 bits per heavy atom. The van der Waals surface area contributed by atoms with E-state index in [-0.39, 0.29) is 0 Å². The first-order chi connectivity index (χ1) is 23.5. The van der Waals surface area contributed by atoms with Crippen LogP contribution in [0.3, 0.4) is 0 Å². The smallest absolute Gasteiger partial charge is 0.248 e. The Labute approximate surface area is 298 Å². The molecule has 5 aromatic rings. The fourth-order valence-electron chi connectivity index (χ4n) is 4.00. The van der Waals surface area contributed by atoms with Crippen LogP contribution in [0.4, 0.5) is 11.8 Å². The maximum atomic E-state index is 9.37. The van der Waals surface area contributed by atoms with Crippen LogP contribution in [0.25, 0.3) is 0 Å². The van der Waals surface area contributed by atoms with Gasteiger partial charge in [-0.05, 0) is 130 Å². The van der Waals surface area contributed by atoms with Crippen LogP contribution in [0.5, 0.6) is 0 Å². The molecule has 0 saturated carbocycles. The Hall–Kier alpha value is -5.11. The average Bonchev–Trinajstić information content (AvgIpc) is 2.99. The van der Waals surface area contributed by atoms with Gasteiger partial charge in [0.15, 0.2) is 0 Å². The van der Waals surface area contributed by atoms with Gasteiger partial charge >= 0.3 is 0 Å². The van der Waals surface area contributed by atoms with Gasteiger partial charge in [-0.2, -0.15) is 0 Å². The molecule has 5 N–H and O–H groups in total. The molecular formula is C37H57N12O+. The summed E-state index contributed by atoms with van der Waals surface area (Å²) in [6.45, 7) is 12.4. The first-order valence-corrected chi connectivity index (χ1v) is 16.1. The summed E-state index contributed by atoms with van der Waals surface area (Å²) in [6, 6.07) is 15.4. The summed E-state index contributed by atoms with van der Waals surface area (Å²) in [6.07, 6.45) is 8.64. The first-order valence-electron chi connectivity index (χ1n) is 16.1. The Morgan fingerprint density at radius 3 is 1.56 bits per heavy atom. The van der Waals surface area contributed by atoms with E-state index < -0.39 is 0 Å². The number of nitrogen functional groups attached to an aromatic ring is 2. The molecule has 0 amide bonds. The van der Waals surface area contributed by atoms with Crippen molar-refractivity contribution in [2.45, 2.75) is 54.3 Å². The fraction of sp³-hybridized carbons (Fsp3) is 0.378. The van der Waals surface area contributed by atoms with Gasteiger partial charge in [-0.25, -0.2) is 24.9 Å². The van der Waals surface area contributed by atoms with E-state index in [1.807, 2.05) is 117 Å². The Balaban J connectivity index is 0.000000315. The molecule has 0 fully saturated rings. The second-order valence-electron chi connectivity index (χ2n) is 12.5. The van der Waals surface area contributed by atoms with Crippen LogP contribution in [0.2, 0.25) is 0 Å². The molecule has 5 aromatic heterocycles. The van der Waals surface area contributed by atoms with Crippen LogP contribution in [0.1, 0.15) is 45.3 Å². The molecule has 5 heterocycles. The van der Waals surface area contributed by atoms with Crippen molar-refractivity contribution in [1.29, 1.82) is 0 Å². The van der Waals surface area contributed by atoms with E-state index in [1.165, 1.54) is 5.56 Å². The summed E-state index contributed by atoms with van der Waals surface area (Å²) < 4.78 is 1.16. The lowest BCUT2D eigenvalue weighted by Gasteiger charge is -2.08. The van der Waals surface area contributed by atoms with Crippen LogP contribution in [0.15, 0.2) is 79.5 Å². The van der Waals surface area contributed by atoms with Gasteiger partial charge in [0, 0.05) is 59.6 Å². The molecule has 5 rings (SSSR count). The quantitative estimate of drug-likeness (QED) is 0.173. The van der Waals surface area contributed by atoms with Crippen molar-refractivity contribution in [1.82, 2.24) is 44.6 Å². The van der Waals surface area contributed by atoms with E-state index in [0.717, 1.165) is 64.1 Å². The molecule has 0 spiro atoms. The summed E-state index contributed by atoms with van der Waals surface area (Å²) in [5.74, 6) is 1.81. The summed E-state index contributed by atoms with van der Waals surface area (Å²) in [7, 11) is 12.1. The van der Waals surface area contributed by atoms with Crippen LogP contribution in [0, 0.1) is 34.6 Å². The highest BCUT2D eigenvalue weighted by Gasteiger charge is 2.10. The summed E-state index contributed by atoms with van der Waals surface area (Å²) in [4.78, 5) is 30.2. The Kier molecular flexibility index (Phi) is 20.0. The first kappa shape index (κ1) is 42.9. The molecule has 13 nitrogen and oxygen atoms in total. The molecule has 0 aromatic carbocycles. The van der Waals surface area contributed by atoms with Gasteiger partial charge < -0.3 is 21.3 Å². The van der Waals surface area contributed by atoms with E-state index in [0.29, 0.717) is 11.8 Å². The molecule has 0 aliphatic rings. The monoisotopic (exact) mass is 685 g/mol. The minimum atomic E-state index is 0.338. The molecule has 0 unspecified atom stereocenters. The normalized spacial score (nSPS) is 10.1. The van der Waals surface area contributed by atoms with Gasteiger partial charge in [-0.3, -0.25) is 15.1 Å². The van der Waals surface area contributed by atoms with Gasteiger partial charge in [-0.15, -0.1) is 0 Å². The van der Waals surface area contributed by atoms with E-state index in [2.05, 4.69) is 52.7 Å². The number of nitrogens with two attached hydrogens (primary N) is 2. The summed E-state index contributed by atoms with van der Waals surface area (Å²) >= 11 is 0. The van der Waals surface area contributed by atoms with Crippen LogP contribution < -0.4 is 16.2 Å². The van der Waals surface area contributed by atoms with E-state index in [1.54, 1.807) is 30.9 Å². The number of hydrogen-bond donors (Lipinski definition) is 3. The van der Waals surface area contributed by atoms with Crippen molar-refractivity contribution in [2.24, 2.45) is 0 Å². The Bertz CT molecular complexity index is 1550. The molecule has 0 atom stereocenters. The molecule has 0 aliphatic carbocycles. The molecule has 13 heteroatoms. The molecule has 50 heavy (non-hydrogen) atoms. The fourth-order valence-corrected chi connectivity index (χ4v) is 4.00. The second-order valence-corrected chi connectivity index (χ2v) is 12.5. The van der Waals surface area contributed by atoms with E-state index in [9.17, 15) is 5.21 Å². The molecule has 270 valence electrons. The third-order valence-corrected chi connectivity index (χ3v) is 6.15. The average molecular weight is 686 g/mol. The lowest BCUT2D eigenvalue weighted by atomic mass is 10.2. The molecule has 0 saturated heterocycles. The minimum absolute atomic E-state index is 0.338. The van der Waals surface area contributed by atoms with Crippen LogP contribution in [-0.4, -0.2) is 92.1 Å². The number of pyridine rings is 3. The van der Waals surface area contributed by atoms with Gasteiger partial charge in [0.2, 0.25) is 17.8 Å². The van der Waals surface area contributed by atoms with Gasteiger partial charge in [0.1, 0.15) is 11.6 Å². The summed E-state index contributed by atoms with van der Waals surface area (Å²) in [5, 5.41) is 9.37. The molecule has 0 aliphatic heterocycles. The van der Waals surface area contributed by atoms with Crippen molar-refractivity contribution in [3.8, 4) is 0 Å². The molecule has 0 radical (unpaired) electrons. The zero-order valence-electron chi connectivity index (χ0n) is 31.7. The zero-order valence-corrected chi connectivity index (χ0v) is 31.7. The highest BCUT2D eigenvalue weighted by Crippen LogP contribution is 2.02. The third kappa shape index (κ3) is 21.0. The van der Waals surface area contributed by atoms with Crippen molar-refractivity contribution < 1.29 is 9.94 Å². The van der Waals surface area contributed by atoms with Gasteiger partial charge in [-0.1, -0.05) is 0 Å². The highest BCUT2D eigenvalue weighted by molar-refractivity contribution is 5.30. The largest absolute Gasteiger partial charge is 0.384 e. The van der Waals surface area contributed by atoms with E-state index >= 15 is 0 Å². The van der Waals surface area contributed by atoms with Gasteiger partial charge in [0.05, 0.1) is 18.8 Å². The molecular weight excluding hydrogens is 628 g/mol. The topological polar surface area (TPSA) is 163 Å². The van der Waals surface area contributed by atoms with Gasteiger partial charge in [0.25, 0.3) is 0 Å². The summed E-state index contributed by atoms with van der Waals surface area (Å²) in [5.41, 5.74) is 18.1. The molecule has 0 bridgehead atoms. The van der Waals surface area contributed by atoms with Crippen molar-refractivity contribution >= 4 is 11.8 Å². The predicted octanol–water partition coefficient (Wildman–Crippen LogP) is 4.22. The standard InChI is InChI=1S/C9H15N2O.C9H14N2.C8H13N3.C6H8N2.C5H7N3/c1-8-4-5-11(12)9(6-8)7-10(2)3;1-8-4-5-10-9(6-8)7-11(2)3;1-7-4-5-9-8(10-7)6-11(2)3;1-5-2-3-8-6(7)4-5;1-4-2-3-7-5(6)8-4/h4-6,12H,7H2,1-3H3;4-6H,7H2,1-3H3;4-5H,6H2,1-3H3;2-4H,1H3,(H2,7,8);2-3H,1H3,(H2,6,7,8)/q+1;;;;. The lowest BCUT2D eigenvalue weighted by Crippen LogP contribution is -2.37. The Morgan fingerprint density at radius 1 is 0.580 bits per heavy atom. The minimum Gasteiger partial charge on any atom is -0.384 e. The number of anilines is 2. The second kappa shape index (κ2) is 23.3. The lowest BCUT2D eigenvalue weighted by molar-refractivity contribution is -0.910. The van der Waals surface area contributed by atoms with Crippen LogP contribution in [-0.2, 0) is 19.6 Å². The van der Waals surface area contributed by atoms with Crippen molar-refractivity contribution in [3.05, 3.63) is 125 Å². The zero-order chi connectivity index (χ0) is 37.6. The maximum absolute atomic E-state index is 9.37. The van der Waals surface area contributed by atoms with Crippen LogP contribution >= 0.6 is 0 Å². The number of aromatic nitrogens is 7. The van der Waals surface area contributed by atoms with Crippen molar-refractivity contribution in [2.75, 3.05) is 53.8 Å². The maximum Gasteiger partial charge on any atom is 0.248 e. The predicted molar refractivity (Wildman–Crippen MR) is 201 cm³/mol. The third-order valence-electron chi connectivity index (χ3n) is 6.15.